The summed E-state index contributed by atoms with van der Waals surface area (Å²) in [5.74, 6) is 2.21. The van der Waals surface area contributed by atoms with Crippen molar-refractivity contribution in [3.05, 3.63) is 52.6 Å². The largest absolute Gasteiger partial charge is 0.493 e. The van der Waals surface area contributed by atoms with Gasteiger partial charge < -0.3 is 20.1 Å². The smallest absolute Gasteiger partial charge is 0.319 e. The lowest BCUT2D eigenvalue weighted by Gasteiger charge is -2.16. The first-order valence-corrected chi connectivity index (χ1v) is 9.20. The van der Waals surface area contributed by atoms with Crippen LogP contribution < -0.4 is 20.1 Å². The molecule has 2 N–H and O–H groups in total. The van der Waals surface area contributed by atoms with Crippen molar-refractivity contribution < 1.29 is 14.3 Å². The minimum Gasteiger partial charge on any atom is -0.493 e. The van der Waals surface area contributed by atoms with E-state index >= 15 is 0 Å². The molecule has 2 amide bonds. The van der Waals surface area contributed by atoms with Crippen LogP contribution in [0.15, 0.2) is 30.3 Å². The predicted molar refractivity (Wildman–Crippen MR) is 101 cm³/mol. The summed E-state index contributed by atoms with van der Waals surface area (Å²) in [6, 6.07) is 9.79. The molecule has 5 nitrogen and oxygen atoms in total. The van der Waals surface area contributed by atoms with E-state index in [-0.39, 0.29) is 6.03 Å². The number of para-hydroxylation sites is 1. The minimum atomic E-state index is -0.207. The zero-order valence-corrected chi connectivity index (χ0v) is 15.2. The van der Waals surface area contributed by atoms with Gasteiger partial charge in [-0.25, -0.2) is 4.79 Å². The average molecular weight is 352 g/mol. The molecule has 136 valence electrons. The van der Waals surface area contributed by atoms with E-state index in [1.807, 2.05) is 24.3 Å². The maximum atomic E-state index is 12.5. The van der Waals surface area contributed by atoms with Crippen molar-refractivity contribution >= 4 is 11.7 Å². The molecule has 0 radical (unpaired) electrons. The number of anilines is 1. The van der Waals surface area contributed by atoms with E-state index in [2.05, 4.69) is 30.5 Å². The fourth-order valence-electron chi connectivity index (χ4n) is 3.72. The van der Waals surface area contributed by atoms with E-state index in [1.54, 1.807) is 0 Å². The van der Waals surface area contributed by atoms with E-state index in [0.29, 0.717) is 25.7 Å². The van der Waals surface area contributed by atoms with Crippen LogP contribution >= 0.6 is 0 Å². The van der Waals surface area contributed by atoms with Crippen LogP contribution in [0.5, 0.6) is 11.5 Å². The lowest BCUT2D eigenvalue weighted by molar-refractivity contribution is 0.251. The summed E-state index contributed by atoms with van der Waals surface area (Å²) >= 11 is 0. The quantitative estimate of drug-likeness (QED) is 0.874. The van der Waals surface area contributed by atoms with Crippen molar-refractivity contribution in [1.29, 1.82) is 0 Å². The Bertz CT molecular complexity index is 813. The molecule has 0 bridgehead atoms. The fraction of sp³-hybridized carbons (Fsp3) is 0.381. The van der Waals surface area contributed by atoms with Crippen molar-refractivity contribution in [1.82, 2.24) is 5.32 Å². The van der Waals surface area contributed by atoms with Gasteiger partial charge in [-0.05, 0) is 23.6 Å². The molecule has 0 atom stereocenters. The summed E-state index contributed by atoms with van der Waals surface area (Å²) in [4.78, 5) is 12.5. The second-order valence-electron chi connectivity index (χ2n) is 7.07. The van der Waals surface area contributed by atoms with Crippen LogP contribution in [0.1, 0.15) is 42.0 Å². The van der Waals surface area contributed by atoms with E-state index in [0.717, 1.165) is 46.7 Å². The number of carbonyl (C=O) groups is 1. The van der Waals surface area contributed by atoms with Gasteiger partial charge in [0, 0.05) is 41.8 Å². The van der Waals surface area contributed by atoms with Crippen LogP contribution in [0.2, 0.25) is 0 Å². The number of ether oxygens (including phenoxy) is 2. The van der Waals surface area contributed by atoms with Gasteiger partial charge in [-0.3, -0.25) is 0 Å². The molecule has 0 aliphatic carbocycles. The van der Waals surface area contributed by atoms with Crippen molar-refractivity contribution in [3.63, 3.8) is 0 Å². The van der Waals surface area contributed by atoms with Crippen molar-refractivity contribution in [3.8, 4) is 11.5 Å². The van der Waals surface area contributed by atoms with Crippen LogP contribution in [0.3, 0.4) is 0 Å². The number of carbonyl (C=O) groups excluding carboxylic acids is 1. The van der Waals surface area contributed by atoms with Crippen LogP contribution in [-0.4, -0.2) is 19.2 Å². The molecule has 2 heterocycles. The van der Waals surface area contributed by atoms with Gasteiger partial charge in [0.1, 0.15) is 11.5 Å². The molecule has 2 aliphatic heterocycles. The Morgan fingerprint density at radius 3 is 2.81 bits per heavy atom. The number of amides is 2. The molecular formula is C21H24N2O3. The summed E-state index contributed by atoms with van der Waals surface area (Å²) in [7, 11) is 0. The molecule has 0 saturated carbocycles. The zero-order valence-electron chi connectivity index (χ0n) is 15.2. The standard InChI is InChI=1S/C21H24N2O3/c1-13(2)15-5-3-4-6-18(15)23-21(24)22-12-17-16-8-10-25-19(16)11-14-7-9-26-20(14)17/h3-6,11,13H,7-10,12H2,1-2H3,(H2,22,23,24). The second kappa shape index (κ2) is 6.90. The van der Waals surface area contributed by atoms with Gasteiger partial charge in [-0.2, -0.15) is 0 Å². The van der Waals surface area contributed by atoms with Crippen molar-refractivity contribution in [2.75, 3.05) is 18.5 Å². The van der Waals surface area contributed by atoms with Gasteiger partial charge in [0.25, 0.3) is 0 Å². The SMILES string of the molecule is CC(C)c1ccccc1NC(=O)NCc1c2c(cc3c1OCC3)OCC2. The minimum absolute atomic E-state index is 0.207. The topological polar surface area (TPSA) is 59.6 Å². The van der Waals surface area contributed by atoms with E-state index in [1.165, 1.54) is 5.56 Å². The van der Waals surface area contributed by atoms with Gasteiger partial charge >= 0.3 is 6.03 Å². The summed E-state index contributed by atoms with van der Waals surface area (Å²) in [5, 5.41) is 5.96. The zero-order chi connectivity index (χ0) is 18.1. The second-order valence-corrected chi connectivity index (χ2v) is 7.07. The molecule has 0 aromatic heterocycles. The Morgan fingerprint density at radius 2 is 1.96 bits per heavy atom. The Kier molecular flexibility index (Phi) is 4.45. The summed E-state index contributed by atoms with van der Waals surface area (Å²) in [6.45, 7) is 6.06. The molecule has 5 heteroatoms. The third kappa shape index (κ3) is 3.09. The lowest BCUT2D eigenvalue weighted by atomic mass is 9.99. The number of benzene rings is 2. The maximum Gasteiger partial charge on any atom is 0.319 e. The van der Waals surface area contributed by atoms with E-state index in [9.17, 15) is 4.79 Å². The third-order valence-corrected chi connectivity index (χ3v) is 5.02. The number of fused-ring (bicyclic) bond motifs is 2. The molecule has 4 rings (SSSR count). The molecule has 2 aromatic rings. The number of rotatable bonds is 4. The van der Waals surface area contributed by atoms with Gasteiger partial charge in [0.05, 0.1) is 13.2 Å². The van der Waals surface area contributed by atoms with Gasteiger partial charge in [-0.15, -0.1) is 0 Å². The van der Waals surface area contributed by atoms with Crippen LogP contribution in [-0.2, 0) is 19.4 Å². The molecule has 26 heavy (non-hydrogen) atoms. The first-order valence-electron chi connectivity index (χ1n) is 9.20. The molecule has 0 fully saturated rings. The molecule has 2 aliphatic rings. The highest BCUT2D eigenvalue weighted by molar-refractivity contribution is 5.90. The number of hydrogen-bond donors (Lipinski definition) is 2. The van der Waals surface area contributed by atoms with Gasteiger partial charge in [0.15, 0.2) is 0 Å². The first kappa shape index (κ1) is 16.8. The Balaban J connectivity index is 1.50. The van der Waals surface area contributed by atoms with E-state index in [4.69, 9.17) is 9.47 Å². The highest BCUT2D eigenvalue weighted by Crippen LogP contribution is 2.40. The van der Waals surface area contributed by atoms with E-state index < -0.39 is 0 Å². The highest BCUT2D eigenvalue weighted by atomic mass is 16.5. The Hall–Kier alpha value is -2.69. The fourth-order valence-corrected chi connectivity index (χ4v) is 3.72. The number of hydrogen-bond acceptors (Lipinski definition) is 3. The molecular weight excluding hydrogens is 328 g/mol. The monoisotopic (exact) mass is 352 g/mol. The molecule has 2 aromatic carbocycles. The third-order valence-electron chi connectivity index (χ3n) is 5.02. The van der Waals surface area contributed by atoms with Crippen LogP contribution in [0.4, 0.5) is 10.5 Å². The van der Waals surface area contributed by atoms with Crippen molar-refractivity contribution in [2.24, 2.45) is 0 Å². The average Bonchev–Trinajstić information content (AvgIpc) is 3.27. The normalized spacial score (nSPS) is 14.4. The predicted octanol–water partition coefficient (Wildman–Crippen LogP) is 4.00. The Labute approximate surface area is 153 Å². The lowest BCUT2D eigenvalue weighted by Crippen LogP contribution is -2.29. The van der Waals surface area contributed by atoms with Crippen molar-refractivity contribution in [2.45, 2.75) is 39.2 Å². The van der Waals surface area contributed by atoms with Crippen LogP contribution in [0, 0.1) is 0 Å². The van der Waals surface area contributed by atoms with Gasteiger partial charge in [0.2, 0.25) is 0 Å². The first-order chi connectivity index (χ1) is 12.6. The van der Waals surface area contributed by atoms with Crippen LogP contribution in [0.25, 0.3) is 0 Å². The van der Waals surface area contributed by atoms with Gasteiger partial charge in [-0.1, -0.05) is 32.0 Å². The maximum absolute atomic E-state index is 12.5. The summed E-state index contributed by atoms with van der Waals surface area (Å²) in [5.41, 5.74) is 5.37. The number of urea groups is 1. The Morgan fingerprint density at radius 1 is 1.15 bits per heavy atom. The molecule has 0 spiro atoms. The number of nitrogens with one attached hydrogen (secondary N) is 2. The molecule has 0 saturated heterocycles. The highest BCUT2D eigenvalue weighted by Gasteiger charge is 2.26. The summed E-state index contributed by atoms with van der Waals surface area (Å²) in [6.07, 6.45) is 1.76. The summed E-state index contributed by atoms with van der Waals surface area (Å²) < 4.78 is 11.6. The molecule has 0 unspecified atom stereocenters.